The summed E-state index contributed by atoms with van der Waals surface area (Å²) in [6, 6.07) is -1.47. The summed E-state index contributed by atoms with van der Waals surface area (Å²) >= 11 is 5.79. The second-order valence-electron chi connectivity index (χ2n) is 3.37. The molecule has 0 bridgehead atoms. The lowest BCUT2D eigenvalue weighted by atomic mass is 10.0. The van der Waals surface area contributed by atoms with Crippen LogP contribution in [0.15, 0.2) is 0 Å². The first-order chi connectivity index (χ1) is 5.76. The van der Waals surface area contributed by atoms with E-state index in [2.05, 4.69) is 0 Å². The Kier molecular flexibility index (Phi) is 2.81. The van der Waals surface area contributed by atoms with E-state index in [1.54, 1.807) is 7.05 Å². The van der Waals surface area contributed by atoms with E-state index < -0.39 is 23.6 Å². The maximum absolute atomic E-state index is 12.5. The summed E-state index contributed by atoms with van der Waals surface area (Å²) in [6.45, 7) is 1.51. The van der Waals surface area contributed by atoms with Gasteiger partial charge in [-0.1, -0.05) is 6.92 Å². The van der Waals surface area contributed by atoms with Crippen molar-refractivity contribution in [2.75, 3.05) is 14.1 Å². The van der Waals surface area contributed by atoms with Gasteiger partial charge in [-0.2, -0.15) is 13.2 Å². The van der Waals surface area contributed by atoms with Crippen molar-refractivity contribution in [2.45, 2.75) is 24.6 Å². The molecule has 0 aromatic carbocycles. The lowest BCUT2D eigenvalue weighted by molar-refractivity contribution is -0.197. The first-order valence-corrected chi connectivity index (χ1v) is 4.37. The van der Waals surface area contributed by atoms with Crippen LogP contribution in [-0.4, -0.2) is 41.8 Å². The molecular formula is C7H12ClF3N2. The van der Waals surface area contributed by atoms with Crippen molar-refractivity contribution in [3.63, 3.8) is 0 Å². The van der Waals surface area contributed by atoms with E-state index in [4.69, 9.17) is 11.6 Å². The van der Waals surface area contributed by atoms with Gasteiger partial charge in [0.2, 0.25) is 0 Å². The Morgan fingerprint density at radius 3 is 1.77 bits per heavy atom. The fourth-order valence-electron chi connectivity index (χ4n) is 1.71. The van der Waals surface area contributed by atoms with Gasteiger partial charge in [0.1, 0.15) is 11.5 Å². The van der Waals surface area contributed by atoms with Crippen LogP contribution in [0.3, 0.4) is 0 Å². The van der Waals surface area contributed by atoms with Gasteiger partial charge in [-0.3, -0.25) is 0 Å². The highest BCUT2D eigenvalue weighted by Crippen LogP contribution is 2.39. The van der Waals surface area contributed by atoms with Gasteiger partial charge < -0.3 is 0 Å². The molecule has 0 aliphatic carbocycles. The Balaban J connectivity index is 2.88. The molecule has 1 aliphatic rings. The summed E-state index contributed by atoms with van der Waals surface area (Å²) < 4.78 is 37.4. The summed E-state index contributed by atoms with van der Waals surface area (Å²) in [6.07, 6.45) is -4.22. The molecule has 1 rings (SSSR count). The first kappa shape index (κ1) is 11.1. The number of halogens is 4. The third-order valence-electron chi connectivity index (χ3n) is 2.52. The summed E-state index contributed by atoms with van der Waals surface area (Å²) in [5.74, 6) is -0.614. The summed E-state index contributed by atoms with van der Waals surface area (Å²) in [5, 5.41) is 2.55. The van der Waals surface area contributed by atoms with Crippen LogP contribution in [0.25, 0.3) is 0 Å². The molecule has 0 aromatic heterocycles. The summed E-state index contributed by atoms with van der Waals surface area (Å²) in [7, 11) is 2.96. The minimum atomic E-state index is -4.22. The fourth-order valence-corrected chi connectivity index (χ4v) is 1.99. The summed E-state index contributed by atoms with van der Waals surface area (Å²) in [4.78, 5) is 0. The maximum Gasteiger partial charge on any atom is 0.405 e. The molecule has 1 saturated heterocycles. The van der Waals surface area contributed by atoms with Crippen molar-refractivity contribution in [3.8, 4) is 0 Å². The lowest BCUT2D eigenvalue weighted by Gasteiger charge is -2.27. The van der Waals surface area contributed by atoms with E-state index >= 15 is 0 Å². The third kappa shape index (κ3) is 1.78. The molecule has 3 unspecified atom stereocenters. The SMILES string of the molecule is CC1C(Cl)N(C)N(C)C1C(F)(F)F. The normalized spacial score (nSPS) is 38.5. The number of hydrogen-bond acceptors (Lipinski definition) is 2. The van der Waals surface area contributed by atoms with Crippen LogP contribution >= 0.6 is 11.6 Å². The van der Waals surface area contributed by atoms with Gasteiger partial charge >= 0.3 is 6.18 Å². The van der Waals surface area contributed by atoms with Crippen LogP contribution in [-0.2, 0) is 0 Å². The zero-order valence-electron chi connectivity index (χ0n) is 7.64. The van der Waals surface area contributed by atoms with E-state index in [1.165, 1.54) is 19.0 Å². The molecule has 13 heavy (non-hydrogen) atoms. The van der Waals surface area contributed by atoms with E-state index in [9.17, 15) is 13.2 Å². The van der Waals surface area contributed by atoms with Crippen LogP contribution in [0.5, 0.6) is 0 Å². The highest BCUT2D eigenvalue weighted by molar-refractivity contribution is 6.20. The van der Waals surface area contributed by atoms with Crippen molar-refractivity contribution >= 4 is 11.6 Å². The van der Waals surface area contributed by atoms with E-state index in [-0.39, 0.29) is 0 Å². The quantitative estimate of drug-likeness (QED) is 0.451. The number of nitrogens with zero attached hydrogens (tertiary/aromatic N) is 2. The Hall–Kier alpha value is -0.0000000000000000555. The van der Waals surface area contributed by atoms with Crippen molar-refractivity contribution in [1.29, 1.82) is 0 Å². The van der Waals surface area contributed by atoms with Gasteiger partial charge in [-0.05, 0) is 0 Å². The highest BCUT2D eigenvalue weighted by atomic mass is 35.5. The van der Waals surface area contributed by atoms with Gasteiger partial charge in [0.15, 0.2) is 0 Å². The molecule has 0 amide bonds. The monoisotopic (exact) mass is 216 g/mol. The predicted octanol–water partition coefficient (Wildman–Crippen LogP) is 1.91. The molecule has 0 N–H and O–H groups in total. The summed E-state index contributed by atoms with van der Waals surface area (Å²) in [5.41, 5.74) is -0.586. The standard InChI is InChI=1S/C7H12ClF3N2/c1-4-5(7(9,10)11)12(2)13(3)6(4)8/h4-6H,1-3H3. The Labute approximate surface area is 80.2 Å². The molecule has 1 heterocycles. The van der Waals surface area contributed by atoms with Crippen LogP contribution in [0, 0.1) is 5.92 Å². The number of rotatable bonds is 0. The molecule has 0 radical (unpaired) electrons. The van der Waals surface area contributed by atoms with Crippen LogP contribution in [0.1, 0.15) is 6.92 Å². The molecule has 0 spiro atoms. The van der Waals surface area contributed by atoms with Gasteiger partial charge in [-0.15, -0.1) is 11.6 Å². The molecule has 1 fully saturated rings. The lowest BCUT2D eigenvalue weighted by Crippen LogP contribution is -2.45. The van der Waals surface area contributed by atoms with Crippen molar-refractivity contribution < 1.29 is 13.2 Å². The average molecular weight is 217 g/mol. The Morgan fingerprint density at radius 2 is 1.62 bits per heavy atom. The Bertz CT molecular complexity index is 183. The zero-order valence-corrected chi connectivity index (χ0v) is 8.39. The van der Waals surface area contributed by atoms with Gasteiger partial charge in [0.25, 0.3) is 0 Å². The molecule has 3 atom stereocenters. The fraction of sp³-hybridized carbons (Fsp3) is 1.00. The van der Waals surface area contributed by atoms with Crippen LogP contribution < -0.4 is 0 Å². The molecule has 0 aromatic rings. The van der Waals surface area contributed by atoms with E-state index in [0.717, 1.165) is 5.01 Å². The van der Waals surface area contributed by atoms with E-state index in [1.807, 2.05) is 0 Å². The van der Waals surface area contributed by atoms with Gasteiger partial charge in [0.05, 0.1) is 0 Å². The number of hydrazine groups is 1. The largest absolute Gasteiger partial charge is 0.405 e. The van der Waals surface area contributed by atoms with Crippen molar-refractivity contribution in [1.82, 2.24) is 10.0 Å². The number of hydrogen-bond donors (Lipinski definition) is 0. The highest BCUT2D eigenvalue weighted by Gasteiger charge is 2.54. The Morgan fingerprint density at radius 1 is 1.15 bits per heavy atom. The van der Waals surface area contributed by atoms with Crippen LogP contribution in [0.2, 0.25) is 0 Å². The second kappa shape index (κ2) is 3.29. The maximum atomic E-state index is 12.5. The van der Waals surface area contributed by atoms with Gasteiger partial charge in [-0.25, -0.2) is 10.0 Å². The first-order valence-electron chi connectivity index (χ1n) is 3.93. The second-order valence-corrected chi connectivity index (χ2v) is 3.81. The molecule has 6 heteroatoms. The van der Waals surface area contributed by atoms with Crippen molar-refractivity contribution in [2.24, 2.45) is 5.92 Å². The zero-order chi connectivity index (χ0) is 10.4. The molecule has 78 valence electrons. The minimum absolute atomic E-state index is 0.586. The molecule has 2 nitrogen and oxygen atoms in total. The predicted molar refractivity (Wildman–Crippen MR) is 44.2 cm³/mol. The molecular weight excluding hydrogens is 205 g/mol. The van der Waals surface area contributed by atoms with E-state index in [0.29, 0.717) is 0 Å². The van der Waals surface area contributed by atoms with Crippen molar-refractivity contribution in [3.05, 3.63) is 0 Å². The minimum Gasteiger partial charge on any atom is -0.231 e. The molecule has 1 aliphatic heterocycles. The molecule has 0 saturated carbocycles. The smallest absolute Gasteiger partial charge is 0.231 e. The van der Waals surface area contributed by atoms with Gasteiger partial charge in [0, 0.05) is 20.0 Å². The number of alkyl halides is 4. The van der Waals surface area contributed by atoms with Crippen LogP contribution in [0.4, 0.5) is 13.2 Å². The average Bonchev–Trinajstić information content (AvgIpc) is 2.14. The third-order valence-corrected chi connectivity index (χ3v) is 3.20. The topological polar surface area (TPSA) is 6.48 Å².